The minimum absolute atomic E-state index is 0.0781. The lowest BCUT2D eigenvalue weighted by Gasteiger charge is -2.38. The summed E-state index contributed by atoms with van der Waals surface area (Å²) < 4.78 is 49.2. The number of sulfonamides is 1. The number of hydrogen-bond donors (Lipinski definition) is 1. The Morgan fingerprint density at radius 3 is 2.56 bits per heavy atom. The number of aliphatic carboxylic acids is 1. The Morgan fingerprint density at radius 1 is 1.17 bits per heavy atom. The van der Waals surface area contributed by atoms with Gasteiger partial charge in [-0.2, -0.15) is 0 Å². The van der Waals surface area contributed by atoms with Crippen molar-refractivity contribution in [3.8, 4) is 16.9 Å². The quantitative estimate of drug-likeness (QED) is 0.350. The van der Waals surface area contributed by atoms with E-state index in [-0.39, 0.29) is 39.3 Å². The molecule has 1 atom stereocenters. The smallest absolute Gasteiger partial charge is 0.309 e. The van der Waals surface area contributed by atoms with Crippen LogP contribution in [-0.2, 0) is 14.8 Å². The van der Waals surface area contributed by atoms with Gasteiger partial charge in [-0.05, 0) is 68.3 Å². The lowest BCUT2D eigenvalue weighted by molar-refractivity contribution is -0.148. The fourth-order valence-corrected chi connectivity index (χ4v) is 6.17. The molecule has 0 spiro atoms. The van der Waals surface area contributed by atoms with E-state index in [1.807, 2.05) is 0 Å². The predicted molar refractivity (Wildman–Crippen MR) is 138 cm³/mol. The van der Waals surface area contributed by atoms with Crippen molar-refractivity contribution in [2.24, 2.45) is 5.41 Å². The first-order valence-corrected chi connectivity index (χ1v) is 13.3. The van der Waals surface area contributed by atoms with Crippen molar-refractivity contribution in [3.63, 3.8) is 0 Å². The molecular formula is C26H24Cl2FNO5S. The minimum Gasteiger partial charge on any atom is -0.486 e. The number of aryl methyl sites for hydroxylation is 1. The van der Waals surface area contributed by atoms with Crippen LogP contribution in [-0.4, -0.2) is 32.1 Å². The number of benzene rings is 3. The Bertz CT molecular complexity index is 1460. The molecule has 3 aromatic carbocycles. The number of carboxylic acids is 1. The average Bonchev–Trinajstić information content (AvgIpc) is 2.80. The topological polar surface area (TPSA) is 83.9 Å². The summed E-state index contributed by atoms with van der Waals surface area (Å²) in [7, 11) is -4.06. The summed E-state index contributed by atoms with van der Waals surface area (Å²) in [6.07, 6.45) is -0.643. The highest BCUT2D eigenvalue weighted by molar-refractivity contribution is 7.92. The minimum atomic E-state index is -4.06. The molecular weight excluding hydrogens is 528 g/mol. The van der Waals surface area contributed by atoms with Gasteiger partial charge in [-0.3, -0.25) is 9.10 Å². The van der Waals surface area contributed by atoms with E-state index in [9.17, 15) is 22.7 Å². The van der Waals surface area contributed by atoms with Gasteiger partial charge in [-0.25, -0.2) is 12.8 Å². The second-order valence-electron chi connectivity index (χ2n) is 9.42. The SMILES string of the molecule is Cc1cccc(S(=O)(=O)N2C[C@H](CC(C)(C)C(=O)O)Oc3ccc(-c4cc(Cl)cc(F)c4Cl)cc32)c1. The molecule has 0 fully saturated rings. The Labute approximate surface area is 219 Å². The van der Waals surface area contributed by atoms with Crippen LogP contribution in [0.2, 0.25) is 10.0 Å². The van der Waals surface area contributed by atoms with Gasteiger partial charge in [-0.1, -0.05) is 41.4 Å². The first-order chi connectivity index (χ1) is 16.8. The van der Waals surface area contributed by atoms with E-state index in [1.54, 1.807) is 57.2 Å². The van der Waals surface area contributed by atoms with E-state index in [0.29, 0.717) is 11.1 Å². The zero-order chi connectivity index (χ0) is 26.4. The zero-order valence-electron chi connectivity index (χ0n) is 19.8. The third kappa shape index (κ3) is 5.03. The number of halogens is 3. The van der Waals surface area contributed by atoms with Gasteiger partial charge in [0.2, 0.25) is 0 Å². The summed E-state index contributed by atoms with van der Waals surface area (Å²) in [6, 6.07) is 13.8. The fourth-order valence-electron chi connectivity index (χ4n) is 4.14. The van der Waals surface area contributed by atoms with Crippen LogP contribution in [0.3, 0.4) is 0 Å². The van der Waals surface area contributed by atoms with Crippen LogP contribution in [0, 0.1) is 18.2 Å². The zero-order valence-corrected chi connectivity index (χ0v) is 22.1. The molecule has 36 heavy (non-hydrogen) atoms. The van der Waals surface area contributed by atoms with Crippen molar-refractivity contribution in [3.05, 3.63) is 76.0 Å². The average molecular weight is 552 g/mol. The van der Waals surface area contributed by atoms with Gasteiger partial charge in [0.1, 0.15) is 17.7 Å². The molecule has 1 heterocycles. The fraction of sp³-hybridized carbons (Fsp3) is 0.269. The molecule has 1 aliphatic heterocycles. The van der Waals surface area contributed by atoms with Crippen LogP contribution in [0.5, 0.6) is 5.75 Å². The normalized spacial score (nSPS) is 15.8. The van der Waals surface area contributed by atoms with Gasteiger partial charge in [-0.15, -0.1) is 0 Å². The summed E-state index contributed by atoms with van der Waals surface area (Å²) in [4.78, 5) is 11.8. The maximum Gasteiger partial charge on any atom is 0.309 e. The first kappa shape index (κ1) is 26.3. The first-order valence-electron chi connectivity index (χ1n) is 11.1. The second-order valence-corrected chi connectivity index (χ2v) is 12.1. The molecule has 0 bridgehead atoms. The molecule has 0 amide bonds. The van der Waals surface area contributed by atoms with E-state index < -0.39 is 33.3 Å². The maximum absolute atomic E-state index is 14.3. The lowest BCUT2D eigenvalue weighted by Crippen LogP contribution is -2.46. The van der Waals surface area contributed by atoms with Crippen LogP contribution in [0.25, 0.3) is 11.1 Å². The molecule has 6 nitrogen and oxygen atoms in total. The number of rotatable bonds is 6. The van der Waals surface area contributed by atoms with E-state index in [4.69, 9.17) is 27.9 Å². The molecule has 0 unspecified atom stereocenters. The number of anilines is 1. The lowest BCUT2D eigenvalue weighted by atomic mass is 9.86. The Hall–Kier alpha value is -2.81. The Morgan fingerprint density at radius 2 is 1.89 bits per heavy atom. The third-order valence-corrected chi connectivity index (χ3v) is 8.47. The number of carbonyl (C=O) groups is 1. The van der Waals surface area contributed by atoms with Crippen LogP contribution in [0.1, 0.15) is 25.8 Å². The van der Waals surface area contributed by atoms with Gasteiger partial charge in [0.15, 0.2) is 0 Å². The van der Waals surface area contributed by atoms with E-state index in [1.165, 1.54) is 16.4 Å². The van der Waals surface area contributed by atoms with Crippen molar-refractivity contribution in [1.29, 1.82) is 0 Å². The molecule has 0 aromatic heterocycles. The van der Waals surface area contributed by atoms with Crippen molar-refractivity contribution < 1.29 is 27.4 Å². The standard InChI is InChI=1S/C26H24Cl2FNO5S/c1-15-5-4-6-19(9-15)36(33,34)30-14-18(13-26(2,3)25(31)32)35-23-8-7-16(10-22(23)30)20-11-17(27)12-21(29)24(20)28/h4-12,18H,13-14H2,1-3H3,(H,31,32)/t18-/m0/s1. The van der Waals surface area contributed by atoms with Crippen LogP contribution in [0.15, 0.2) is 59.5 Å². The number of ether oxygens (including phenoxy) is 1. The van der Waals surface area contributed by atoms with Crippen molar-refractivity contribution in [1.82, 2.24) is 0 Å². The summed E-state index contributed by atoms with van der Waals surface area (Å²) in [5.41, 5.74) is 0.592. The van der Waals surface area contributed by atoms with Gasteiger partial charge in [0.05, 0.1) is 27.6 Å². The van der Waals surface area contributed by atoms with Crippen molar-refractivity contribution >= 4 is 44.9 Å². The van der Waals surface area contributed by atoms with E-state index in [0.717, 1.165) is 11.6 Å². The van der Waals surface area contributed by atoms with Gasteiger partial charge in [0.25, 0.3) is 10.0 Å². The highest BCUT2D eigenvalue weighted by atomic mass is 35.5. The molecule has 190 valence electrons. The molecule has 1 N–H and O–H groups in total. The molecule has 10 heteroatoms. The second kappa shape index (κ2) is 9.57. The molecule has 0 saturated heterocycles. The molecule has 0 aliphatic carbocycles. The summed E-state index contributed by atoms with van der Waals surface area (Å²) >= 11 is 12.2. The summed E-state index contributed by atoms with van der Waals surface area (Å²) in [5.74, 6) is -1.46. The number of carboxylic acid groups (broad SMARTS) is 1. The third-order valence-electron chi connectivity index (χ3n) is 6.09. The van der Waals surface area contributed by atoms with Crippen LogP contribution >= 0.6 is 23.2 Å². The molecule has 4 rings (SSSR count). The van der Waals surface area contributed by atoms with Crippen LogP contribution in [0.4, 0.5) is 10.1 Å². The molecule has 0 saturated carbocycles. The number of hydrogen-bond acceptors (Lipinski definition) is 4. The van der Waals surface area contributed by atoms with Gasteiger partial charge < -0.3 is 9.84 Å². The highest BCUT2D eigenvalue weighted by Gasteiger charge is 2.39. The largest absolute Gasteiger partial charge is 0.486 e. The Balaban J connectivity index is 1.86. The molecule has 1 aliphatic rings. The highest BCUT2D eigenvalue weighted by Crippen LogP contribution is 2.43. The summed E-state index contributed by atoms with van der Waals surface area (Å²) in [5, 5.41) is 9.59. The van der Waals surface area contributed by atoms with Gasteiger partial charge in [0, 0.05) is 17.0 Å². The maximum atomic E-state index is 14.3. The monoisotopic (exact) mass is 551 g/mol. The van der Waals surface area contributed by atoms with Crippen molar-refractivity contribution in [2.75, 3.05) is 10.8 Å². The van der Waals surface area contributed by atoms with Crippen molar-refractivity contribution in [2.45, 2.75) is 38.2 Å². The van der Waals surface area contributed by atoms with Crippen LogP contribution < -0.4 is 9.04 Å². The van der Waals surface area contributed by atoms with E-state index >= 15 is 0 Å². The number of fused-ring (bicyclic) bond motifs is 1. The number of nitrogens with zero attached hydrogens (tertiary/aromatic N) is 1. The molecule has 0 radical (unpaired) electrons. The molecule has 3 aromatic rings. The summed E-state index contributed by atoms with van der Waals surface area (Å²) in [6.45, 7) is 4.80. The van der Waals surface area contributed by atoms with E-state index in [2.05, 4.69) is 0 Å². The van der Waals surface area contributed by atoms with Gasteiger partial charge >= 0.3 is 5.97 Å². The predicted octanol–water partition coefficient (Wildman–Crippen LogP) is 6.57. The Kier molecular flexibility index (Phi) is 6.98.